The summed E-state index contributed by atoms with van der Waals surface area (Å²) in [6.45, 7) is 4.96. The molecule has 1 N–H and O–H groups in total. The molecule has 2 aromatic rings. The normalized spacial score (nSPS) is 11.0. The zero-order valence-electron chi connectivity index (χ0n) is 13.3. The van der Waals surface area contributed by atoms with E-state index in [9.17, 15) is 4.79 Å². The van der Waals surface area contributed by atoms with Crippen LogP contribution in [0.15, 0.2) is 48.9 Å². The van der Waals surface area contributed by atoms with Crippen molar-refractivity contribution < 1.29 is 4.79 Å². The molecule has 116 valence electrons. The van der Waals surface area contributed by atoms with Gasteiger partial charge in [0, 0.05) is 25.6 Å². The first-order chi connectivity index (χ1) is 10.5. The first-order valence-corrected chi connectivity index (χ1v) is 10.5. The molecule has 2 rings (SSSR count). The molecule has 0 saturated heterocycles. The van der Waals surface area contributed by atoms with E-state index in [2.05, 4.69) is 40.5 Å². The van der Waals surface area contributed by atoms with E-state index in [0.717, 1.165) is 5.69 Å². The SMILES string of the molecule is CN(Cc1cnccn1)C(=O)NC[Si](C)(C)c1ccccc1. The Labute approximate surface area is 132 Å². The minimum absolute atomic E-state index is 0.0813. The quantitative estimate of drug-likeness (QED) is 0.856. The number of rotatable bonds is 5. The van der Waals surface area contributed by atoms with E-state index in [4.69, 9.17) is 0 Å². The highest BCUT2D eigenvalue weighted by atomic mass is 28.3. The number of urea groups is 1. The van der Waals surface area contributed by atoms with Crippen LogP contribution in [-0.4, -0.2) is 42.2 Å². The van der Waals surface area contributed by atoms with Crippen molar-refractivity contribution >= 4 is 19.3 Å². The molecule has 1 heterocycles. The number of aromatic nitrogens is 2. The van der Waals surface area contributed by atoms with Crippen LogP contribution in [-0.2, 0) is 6.54 Å². The van der Waals surface area contributed by atoms with Crippen LogP contribution in [0.5, 0.6) is 0 Å². The molecule has 6 heteroatoms. The third-order valence-electron chi connectivity index (χ3n) is 3.60. The lowest BCUT2D eigenvalue weighted by molar-refractivity contribution is 0.208. The molecular weight excluding hydrogens is 292 g/mol. The summed E-state index contributed by atoms with van der Waals surface area (Å²) >= 11 is 0. The van der Waals surface area contributed by atoms with Crippen molar-refractivity contribution in [3.8, 4) is 0 Å². The van der Waals surface area contributed by atoms with Gasteiger partial charge in [-0.15, -0.1) is 0 Å². The van der Waals surface area contributed by atoms with Gasteiger partial charge in [-0.1, -0.05) is 48.6 Å². The van der Waals surface area contributed by atoms with Crippen molar-refractivity contribution in [2.24, 2.45) is 0 Å². The summed E-state index contributed by atoms with van der Waals surface area (Å²) in [6, 6.07) is 10.3. The number of hydrogen-bond donors (Lipinski definition) is 1. The maximum Gasteiger partial charge on any atom is 0.317 e. The van der Waals surface area contributed by atoms with Crippen molar-refractivity contribution in [3.05, 3.63) is 54.6 Å². The zero-order valence-corrected chi connectivity index (χ0v) is 14.3. The summed E-state index contributed by atoms with van der Waals surface area (Å²) < 4.78 is 0. The van der Waals surface area contributed by atoms with Crippen molar-refractivity contribution in [1.29, 1.82) is 0 Å². The molecular formula is C16H22N4OSi. The number of benzene rings is 1. The van der Waals surface area contributed by atoms with Gasteiger partial charge in [0.2, 0.25) is 0 Å². The van der Waals surface area contributed by atoms with Crippen LogP contribution in [0.4, 0.5) is 4.79 Å². The fourth-order valence-electron chi connectivity index (χ4n) is 2.15. The number of amides is 2. The first-order valence-electron chi connectivity index (χ1n) is 7.28. The summed E-state index contributed by atoms with van der Waals surface area (Å²) in [5, 5.41) is 4.38. The second-order valence-corrected chi connectivity index (χ2v) is 10.7. The lowest BCUT2D eigenvalue weighted by Gasteiger charge is -2.25. The summed E-state index contributed by atoms with van der Waals surface area (Å²) in [6.07, 6.45) is 5.64. The molecule has 0 saturated carbocycles. The van der Waals surface area contributed by atoms with E-state index < -0.39 is 8.07 Å². The summed E-state index contributed by atoms with van der Waals surface area (Å²) in [7, 11) is 0.0983. The van der Waals surface area contributed by atoms with E-state index in [1.807, 2.05) is 18.2 Å². The van der Waals surface area contributed by atoms with E-state index in [-0.39, 0.29) is 6.03 Å². The lowest BCUT2D eigenvalue weighted by Crippen LogP contribution is -2.53. The molecule has 1 aromatic carbocycles. The molecule has 0 aliphatic rings. The van der Waals surface area contributed by atoms with Crippen molar-refractivity contribution in [2.45, 2.75) is 19.6 Å². The van der Waals surface area contributed by atoms with E-state index in [1.165, 1.54) is 5.19 Å². The summed E-state index contributed by atoms with van der Waals surface area (Å²) in [4.78, 5) is 22.0. The topological polar surface area (TPSA) is 58.1 Å². The van der Waals surface area contributed by atoms with E-state index in [1.54, 1.807) is 30.5 Å². The van der Waals surface area contributed by atoms with Gasteiger partial charge in [0.1, 0.15) is 8.07 Å². The second-order valence-electron chi connectivity index (χ2n) is 5.96. The molecule has 0 unspecified atom stereocenters. The maximum atomic E-state index is 12.2. The third-order valence-corrected chi connectivity index (χ3v) is 6.56. The van der Waals surface area contributed by atoms with Crippen molar-refractivity contribution in [2.75, 3.05) is 13.2 Å². The number of nitrogens with one attached hydrogen (secondary N) is 1. The Morgan fingerprint density at radius 1 is 1.23 bits per heavy atom. The number of hydrogen-bond acceptors (Lipinski definition) is 3. The average Bonchev–Trinajstić information content (AvgIpc) is 2.54. The largest absolute Gasteiger partial charge is 0.341 e. The molecule has 2 amide bonds. The molecule has 22 heavy (non-hydrogen) atoms. The Morgan fingerprint density at radius 3 is 2.59 bits per heavy atom. The predicted molar refractivity (Wildman–Crippen MR) is 90.5 cm³/mol. The van der Waals surface area contributed by atoms with Crippen LogP contribution in [0, 0.1) is 0 Å². The third kappa shape index (κ3) is 4.39. The van der Waals surface area contributed by atoms with Crippen LogP contribution in [0.1, 0.15) is 5.69 Å². The molecule has 0 atom stereocenters. The predicted octanol–water partition coefficient (Wildman–Crippen LogP) is 1.77. The molecule has 0 aliphatic heterocycles. The first kappa shape index (κ1) is 16.2. The smallest absolute Gasteiger partial charge is 0.317 e. The Kier molecular flexibility index (Phi) is 5.27. The maximum absolute atomic E-state index is 12.2. The Bertz CT molecular complexity index is 604. The fraction of sp³-hybridized carbons (Fsp3) is 0.312. The summed E-state index contributed by atoms with van der Waals surface area (Å²) in [5.41, 5.74) is 0.778. The van der Waals surface area contributed by atoms with Gasteiger partial charge < -0.3 is 10.2 Å². The van der Waals surface area contributed by atoms with Crippen molar-refractivity contribution in [1.82, 2.24) is 20.2 Å². The molecule has 0 aliphatic carbocycles. The van der Waals surface area contributed by atoms with Gasteiger partial charge in [0.25, 0.3) is 0 Å². The standard InChI is InChI=1S/C16H22N4OSi/c1-20(12-14-11-17-9-10-18-14)16(21)19-13-22(2,3)15-7-5-4-6-8-15/h4-11H,12-13H2,1-3H3,(H,19,21). The van der Waals surface area contributed by atoms with Crippen LogP contribution in [0.25, 0.3) is 0 Å². The minimum Gasteiger partial charge on any atom is -0.341 e. The summed E-state index contributed by atoms with van der Waals surface area (Å²) in [5.74, 6) is 0. The van der Waals surface area contributed by atoms with Crippen LogP contribution >= 0.6 is 0 Å². The van der Waals surface area contributed by atoms with Crippen LogP contribution in [0.3, 0.4) is 0 Å². The molecule has 0 radical (unpaired) electrons. The van der Waals surface area contributed by atoms with Crippen LogP contribution < -0.4 is 10.5 Å². The van der Waals surface area contributed by atoms with Gasteiger partial charge in [-0.25, -0.2) is 4.79 Å². The van der Waals surface area contributed by atoms with Gasteiger partial charge in [-0.2, -0.15) is 0 Å². The monoisotopic (exact) mass is 314 g/mol. The molecule has 0 spiro atoms. The number of carbonyl (C=O) groups excluding carboxylic acids is 1. The average molecular weight is 314 g/mol. The molecule has 0 fully saturated rings. The highest BCUT2D eigenvalue weighted by molar-refractivity contribution is 6.90. The van der Waals surface area contributed by atoms with Gasteiger partial charge in [-0.3, -0.25) is 9.97 Å². The Morgan fingerprint density at radius 2 is 1.95 bits per heavy atom. The van der Waals surface area contributed by atoms with Gasteiger partial charge in [0.15, 0.2) is 0 Å². The molecule has 0 bridgehead atoms. The molecule has 5 nitrogen and oxygen atoms in total. The lowest BCUT2D eigenvalue weighted by atomic mass is 10.4. The van der Waals surface area contributed by atoms with Gasteiger partial charge in [0.05, 0.1) is 18.4 Å². The highest BCUT2D eigenvalue weighted by Crippen LogP contribution is 2.03. The van der Waals surface area contributed by atoms with Gasteiger partial charge in [-0.05, 0) is 0 Å². The zero-order chi connectivity index (χ0) is 16.0. The molecule has 1 aromatic heterocycles. The van der Waals surface area contributed by atoms with Crippen molar-refractivity contribution in [3.63, 3.8) is 0 Å². The number of carbonyl (C=O) groups is 1. The van der Waals surface area contributed by atoms with E-state index in [0.29, 0.717) is 12.7 Å². The second kappa shape index (κ2) is 7.17. The fourth-order valence-corrected chi connectivity index (χ4v) is 4.04. The van der Waals surface area contributed by atoms with Gasteiger partial charge >= 0.3 is 6.03 Å². The Hall–Kier alpha value is -2.21. The number of nitrogens with zero attached hydrogens (tertiary/aromatic N) is 3. The van der Waals surface area contributed by atoms with E-state index >= 15 is 0 Å². The van der Waals surface area contributed by atoms with Crippen LogP contribution in [0.2, 0.25) is 13.1 Å². The minimum atomic E-state index is -1.67. The Balaban J connectivity index is 1.89. The highest BCUT2D eigenvalue weighted by Gasteiger charge is 2.24.